The Kier molecular flexibility index (Phi) is 3.44. The van der Waals surface area contributed by atoms with Gasteiger partial charge in [-0.15, -0.1) is 0 Å². The van der Waals surface area contributed by atoms with E-state index in [1.807, 2.05) is 0 Å². The van der Waals surface area contributed by atoms with Gasteiger partial charge in [-0.2, -0.15) is 4.99 Å². The third kappa shape index (κ3) is 2.32. The lowest BCUT2D eigenvalue weighted by atomic mass is 9.92. The molecule has 17 heavy (non-hydrogen) atoms. The van der Waals surface area contributed by atoms with Crippen LogP contribution in [0.25, 0.3) is 0 Å². The van der Waals surface area contributed by atoms with Crippen LogP contribution in [0.5, 0.6) is 0 Å². The number of carbonyl (C=O) groups excluding carboxylic acids is 1. The Hall–Kier alpha value is -1.40. The molecule has 1 aromatic rings. The first kappa shape index (κ1) is 12.1. The molecule has 2 rings (SSSR count). The van der Waals surface area contributed by atoms with E-state index >= 15 is 0 Å². The van der Waals surface area contributed by atoms with Crippen molar-refractivity contribution in [2.24, 2.45) is 4.99 Å². The topological polar surface area (TPSA) is 29.4 Å². The second-order valence-electron chi connectivity index (χ2n) is 4.87. The van der Waals surface area contributed by atoms with Gasteiger partial charge in [0.25, 0.3) is 0 Å². The molecule has 2 heteroatoms. The second-order valence-corrected chi connectivity index (χ2v) is 4.87. The fraction of sp³-hybridized carbons (Fsp3) is 0.533. The molecule has 0 heterocycles. The summed E-state index contributed by atoms with van der Waals surface area (Å²) in [7, 11) is 0. The lowest BCUT2D eigenvalue weighted by Crippen LogP contribution is -2.03. The fourth-order valence-electron chi connectivity index (χ4n) is 2.50. The minimum Gasteiger partial charge on any atom is -0.211 e. The molecule has 1 saturated carbocycles. The fourth-order valence-corrected chi connectivity index (χ4v) is 2.50. The highest BCUT2D eigenvalue weighted by Gasteiger charge is 2.44. The summed E-state index contributed by atoms with van der Waals surface area (Å²) >= 11 is 0. The summed E-state index contributed by atoms with van der Waals surface area (Å²) in [6.45, 7) is 4.45. The van der Waals surface area contributed by atoms with Gasteiger partial charge in [0.2, 0.25) is 6.08 Å². The number of benzene rings is 1. The van der Waals surface area contributed by atoms with Crippen molar-refractivity contribution in [2.45, 2.75) is 51.0 Å². The van der Waals surface area contributed by atoms with Gasteiger partial charge >= 0.3 is 0 Å². The molecule has 2 nitrogen and oxygen atoms in total. The summed E-state index contributed by atoms with van der Waals surface area (Å²) in [5.41, 5.74) is 2.33. The van der Waals surface area contributed by atoms with E-state index in [4.69, 9.17) is 0 Å². The number of hydrogen-bond acceptors (Lipinski definition) is 2. The van der Waals surface area contributed by atoms with E-state index < -0.39 is 0 Å². The van der Waals surface area contributed by atoms with Crippen molar-refractivity contribution in [1.29, 1.82) is 0 Å². The Balaban J connectivity index is 2.21. The van der Waals surface area contributed by atoms with Crippen LogP contribution < -0.4 is 0 Å². The van der Waals surface area contributed by atoms with E-state index in [1.165, 1.54) is 18.4 Å². The van der Waals surface area contributed by atoms with Crippen molar-refractivity contribution < 1.29 is 4.79 Å². The highest BCUT2D eigenvalue weighted by atomic mass is 16.1. The number of aliphatic imine (C=N–C) groups is 1. The molecule has 0 aliphatic heterocycles. The molecule has 0 spiro atoms. The predicted octanol–water partition coefficient (Wildman–Crippen LogP) is 3.92. The van der Waals surface area contributed by atoms with E-state index in [-0.39, 0.29) is 5.54 Å². The first-order valence-electron chi connectivity index (χ1n) is 6.45. The molecular weight excluding hydrogens is 210 g/mol. The van der Waals surface area contributed by atoms with Gasteiger partial charge < -0.3 is 0 Å². The van der Waals surface area contributed by atoms with Gasteiger partial charge in [-0.1, -0.05) is 38.1 Å². The van der Waals surface area contributed by atoms with Crippen LogP contribution in [0.15, 0.2) is 29.3 Å². The summed E-state index contributed by atoms with van der Waals surface area (Å²) in [6.07, 6.45) is 6.01. The van der Waals surface area contributed by atoms with E-state index in [2.05, 4.69) is 43.1 Å². The van der Waals surface area contributed by atoms with Crippen LogP contribution in [0.4, 0.5) is 0 Å². The highest BCUT2D eigenvalue weighted by molar-refractivity contribution is 5.42. The Bertz CT molecular complexity index is 421. The first-order chi connectivity index (χ1) is 8.25. The minimum atomic E-state index is -0.228. The number of nitrogens with zero attached hydrogens (tertiary/aromatic N) is 1. The summed E-state index contributed by atoms with van der Waals surface area (Å²) in [5, 5.41) is 0. The quantitative estimate of drug-likeness (QED) is 0.556. The van der Waals surface area contributed by atoms with Crippen LogP contribution in [0, 0.1) is 0 Å². The van der Waals surface area contributed by atoms with Crippen LogP contribution >= 0.6 is 0 Å². The van der Waals surface area contributed by atoms with Crippen LogP contribution in [0.3, 0.4) is 0 Å². The largest absolute Gasteiger partial charge is 0.235 e. The monoisotopic (exact) mass is 229 g/mol. The minimum absolute atomic E-state index is 0.228. The normalized spacial score (nSPS) is 16.6. The molecule has 1 aliphatic rings. The number of rotatable bonds is 5. The molecule has 0 bridgehead atoms. The zero-order valence-electron chi connectivity index (χ0n) is 10.6. The van der Waals surface area contributed by atoms with Gasteiger partial charge in [0.1, 0.15) is 0 Å². The van der Waals surface area contributed by atoms with Crippen molar-refractivity contribution in [2.75, 3.05) is 0 Å². The zero-order valence-corrected chi connectivity index (χ0v) is 10.6. The lowest BCUT2D eigenvalue weighted by Gasteiger charge is -2.14. The average Bonchev–Trinajstić information content (AvgIpc) is 3.13. The lowest BCUT2D eigenvalue weighted by molar-refractivity contribution is 0.556. The Morgan fingerprint density at radius 1 is 1.24 bits per heavy atom. The summed E-state index contributed by atoms with van der Waals surface area (Å²) in [6, 6.07) is 8.63. The second kappa shape index (κ2) is 4.85. The molecule has 0 radical (unpaired) electrons. The van der Waals surface area contributed by atoms with Crippen molar-refractivity contribution >= 4 is 6.08 Å². The molecule has 1 aromatic carbocycles. The maximum absolute atomic E-state index is 10.4. The Morgan fingerprint density at radius 2 is 1.82 bits per heavy atom. The Labute approximate surface area is 103 Å². The highest BCUT2D eigenvalue weighted by Crippen LogP contribution is 2.49. The van der Waals surface area contributed by atoms with Crippen LogP contribution in [0.1, 0.15) is 56.6 Å². The molecule has 0 saturated heterocycles. The summed E-state index contributed by atoms with van der Waals surface area (Å²) in [4.78, 5) is 14.4. The molecular formula is C15H19NO. The van der Waals surface area contributed by atoms with Crippen molar-refractivity contribution in [3.8, 4) is 0 Å². The smallest absolute Gasteiger partial charge is 0.211 e. The van der Waals surface area contributed by atoms with Crippen LogP contribution in [0.2, 0.25) is 0 Å². The van der Waals surface area contributed by atoms with E-state index in [1.54, 1.807) is 6.08 Å². The van der Waals surface area contributed by atoms with E-state index in [9.17, 15) is 4.79 Å². The van der Waals surface area contributed by atoms with Crippen molar-refractivity contribution in [3.63, 3.8) is 0 Å². The average molecular weight is 229 g/mol. The predicted molar refractivity (Wildman–Crippen MR) is 68.8 cm³/mol. The zero-order chi connectivity index (χ0) is 12.3. The summed E-state index contributed by atoms with van der Waals surface area (Å²) in [5.74, 6) is 0.647. The third-order valence-electron chi connectivity index (χ3n) is 3.89. The maximum atomic E-state index is 10.4. The van der Waals surface area contributed by atoms with Crippen LogP contribution in [-0.4, -0.2) is 6.08 Å². The molecule has 90 valence electrons. The summed E-state index contributed by atoms with van der Waals surface area (Å²) < 4.78 is 0. The molecule has 1 fully saturated rings. The molecule has 0 amide bonds. The van der Waals surface area contributed by atoms with Gasteiger partial charge in [-0.3, -0.25) is 0 Å². The van der Waals surface area contributed by atoms with E-state index in [0.717, 1.165) is 18.4 Å². The Morgan fingerprint density at radius 3 is 2.24 bits per heavy atom. The molecule has 1 aliphatic carbocycles. The standard InChI is InChI=1S/C15H19NO/c1-3-12(4-2)13-5-7-14(8-6-13)15(9-10-15)16-11-17/h5-8,12H,3-4,9-10H2,1-2H3. The third-order valence-corrected chi connectivity index (χ3v) is 3.89. The molecule has 0 aromatic heterocycles. The van der Waals surface area contributed by atoms with E-state index in [0.29, 0.717) is 5.92 Å². The van der Waals surface area contributed by atoms with Crippen molar-refractivity contribution in [3.05, 3.63) is 35.4 Å². The number of hydrogen-bond donors (Lipinski definition) is 0. The van der Waals surface area contributed by atoms with Gasteiger partial charge in [0.05, 0.1) is 5.54 Å². The first-order valence-corrected chi connectivity index (χ1v) is 6.45. The number of isocyanates is 1. The molecule has 0 N–H and O–H groups in total. The van der Waals surface area contributed by atoms with Gasteiger partial charge in [-0.05, 0) is 42.7 Å². The van der Waals surface area contributed by atoms with Crippen molar-refractivity contribution in [1.82, 2.24) is 0 Å². The molecule has 0 unspecified atom stereocenters. The molecule has 0 atom stereocenters. The van der Waals surface area contributed by atoms with Gasteiger partial charge in [0.15, 0.2) is 0 Å². The van der Waals surface area contributed by atoms with Gasteiger partial charge in [-0.25, -0.2) is 4.79 Å². The van der Waals surface area contributed by atoms with Crippen LogP contribution in [-0.2, 0) is 10.3 Å². The SMILES string of the molecule is CCC(CC)c1ccc(C2(N=C=O)CC2)cc1. The van der Waals surface area contributed by atoms with Gasteiger partial charge in [0, 0.05) is 0 Å². The maximum Gasteiger partial charge on any atom is 0.235 e.